The van der Waals surface area contributed by atoms with Gasteiger partial charge in [-0.3, -0.25) is 4.79 Å². The van der Waals surface area contributed by atoms with Crippen LogP contribution in [0, 0.1) is 5.82 Å². The molecule has 4 aromatic rings. The van der Waals surface area contributed by atoms with Gasteiger partial charge in [0, 0.05) is 30.3 Å². The van der Waals surface area contributed by atoms with E-state index < -0.39 is 0 Å². The SMILES string of the molecule is CCN(C(=O)CCc1nc(-c2ccc(F)cc2)no1)c1cccc2ccccc12. The maximum atomic E-state index is 13.1. The summed E-state index contributed by atoms with van der Waals surface area (Å²) in [4.78, 5) is 19.0. The fourth-order valence-corrected chi connectivity index (χ4v) is 3.35. The maximum Gasteiger partial charge on any atom is 0.227 e. The van der Waals surface area contributed by atoms with Crippen molar-refractivity contribution in [1.82, 2.24) is 10.1 Å². The van der Waals surface area contributed by atoms with Crippen LogP contribution < -0.4 is 4.90 Å². The molecule has 0 spiro atoms. The summed E-state index contributed by atoms with van der Waals surface area (Å²) in [7, 11) is 0. The molecule has 0 aliphatic rings. The normalized spacial score (nSPS) is 11.0. The first-order valence-electron chi connectivity index (χ1n) is 9.52. The Hall–Kier alpha value is -3.54. The van der Waals surface area contributed by atoms with Gasteiger partial charge in [-0.15, -0.1) is 0 Å². The van der Waals surface area contributed by atoms with Crippen molar-refractivity contribution in [2.24, 2.45) is 0 Å². The maximum absolute atomic E-state index is 13.1. The molecule has 0 bridgehead atoms. The van der Waals surface area contributed by atoms with Gasteiger partial charge in [0.05, 0.1) is 5.69 Å². The van der Waals surface area contributed by atoms with Gasteiger partial charge in [-0.05, 0) is 42.6 Å². The third-order valence-corrected chi connectivity index (χ3v) is 4.80. The second-order valence-corrected chi connectivity index (χ2v) is 6.65. The molecule has 0 radical (unpaired) electrons. The Morgan fingerprint density at radius 1 is 1.03 bits per heavy atom. The van der Waals surface area contributed by atoms with E-state index in [4.69, 9.17) is 4.52 Å². The molecular formula is C23H20FN3O2. The molecule has 0 N–H and O–H groups in total. The first kappa shape index (κ1) is 18.8. The molecule has 4 rings (SSSR count). The van der Waals surface area contributed by atoms with Gasteiger partial charge in [0.25, 0.3) is 0 Å². The van der Waals surface area contributed by atoms with Crippen molar-refractivity contribution in [2.75, 3.05) is 11.4 Å². The van der Waals surface area contributed by atoms with E-state index >= 15 is 0 Å². The Balaban J connectivity index is 1.48. The topological polar surface area (TPSA) is 59.2 Å². The van der Waals surface area contributed by atoms with E-state index in [0.717, 1.165) is 16.5 Å². The minimum absolute atomic E-state index is 0.00890. The van der Waals surface area contributed by atoms with Gasteiger partial charge in [0.2, 0.25) is 17.6 Å². The minimum atomic E-state index is -0.323. The highest BCUT2D eigenvalue weighted by molar-refractivity contribution is 6.03. The Kier molecular flexibility index (Phi) is 5.33. The van der Waals surface area contributed by atoms with Crippen LogP contribution in [0.25, 0.3) is 22.2 Å². The van der Waals surface area contributed by atoms with Crippen molar-refractivity contribution in [3.05, 3.63) is 78.4 Å². The molecule has 0 aliphatic heterocycles. The summed E-state index contributed by atoms with van der Waals surface area (Å²) in [6.07, 6.45) is 0.594. The second kappa shape index (κ2) is 8.22. The number of aromatic nitrogens is 2. The molecule has 0 aliphatic carbocycles. The van der Waals surface area contributed by atoms with Crippen LogP contribution in [0.2, 0.25) is 0 Å². The fraction of sp³-hybridized carbons (Fsp3) is 0.174. The Labute approximate surface area is 167 Å². The first-order chi connectivity index (χ1) is 14.2. The highest BCUT2D eigenvalue weighted by Gasteiger charge is 2.18. The van der Waals surface area contributed by atoms with Crippen molar-refractivity contribution in [1.29, 1.82) is 0 Å². The molecule has 1 aromatic heterocycles. The van der Waals surface area contributed by atoms with Gasteiger partial charge in [-0.1, -0.05) is 41.6 Å². The molecular weight excluding hydrogens is 369 g/mol. The van der Waals surface area contributed by atoms with Crippen molar-refractivity contribution in [3.63, 3.8) is 0 Å². The number of hydrogen-bond acceptors (Lipinski definition) is 4. The fourth-order valence-electron chi connectivity index (χ4n) is 3.35. The van der Waals surface area contributed by atoms with E-state index in [2.05, 4.69) is 10.1 Å². The van der Waals surface area contributed by atoms with Crippen molar-refractivity contribution in [2.45, 2.75) is 19.8 Å². The molecule has 0 fully saturated rings. The standard InChI is InChI=1S/C23H20FN3O2/c1-2-27(20-9-5-7-16-6-3-4-8-19(16)20)22(28)15-14-21-25-23(26-29-21)17-10-12-18(24)13-11-17/h3-13H,2,14-15H2,1H3. The Morgan fingerprint density at radius 2 is 1.79 bits per heavy atom. The molecule has 0 saturated carbocycles. The molecule has 5 nitrogen and oxygen atoms in total. The van der Waals surface area contributed by atoms with E-state index in [1.807, 2.05) is 49.4 Å². The Bertz CT molecular complexity index is 1130. The van der Waals surface area contributed by atoms with Crippen molar-refractivity contribution >= 4 is 22.4 Å². The highest BCUT2D eigenvalue weighted by atomic mass is 19.1. The zero-order chi connectivity index (χ0) is 20.2. The van der Waals surface area contributed by atoms with E-state index in [0.29, 0.717) is 30.2 Å². The van der Waals surface area contributed by atoms with E-state index in [-0.39, 0.29) is 18.1 Å². The van der Waals surface area contributed by atoms with Gasteiger partial charge in [-0.25, -0.2) is 4.39 Å². The van der Waals surface area contributed by atoms with Gasteiger partial charge < -0.3 is 9.42 Å². The lowest BCUT2D eigenvalue weighted by atomic mass is 10.1. The number of carbonyl (C=O) groups excluding carboxylic acids is 1. The van der Waals surface area contributed by atoms with Gasteiger partial charge in [0.1, 0.15) is 5.82 Å². The number of nitrogens with zero attached hydrogens (tertiary/aromatic N) is 3. The number of halogens is 1. The summed E-state index contributed by atoms with van der Waals surface area (Å²) in [5, 5.41) is 6.06. The molecule has 0 saturated heterocycles. The number of rotatable bonds is 6. The van der Waals surface area contributed by atoms with Crippen LogP contribution in [0.15, 0.2) is 71.3 Å². The molecule has 6 heteroatoms. The average Bonchev–Trinajstić information content (AvgIpc) is 3.22. The summed E-state index contributed by atoms with van der Waals surface area (Å²) in [5.41, 5.74) is 1.56. The lowest BCUT2D eigenvalue weighted by Gasteiger charge is -2.22. The van der Waals surface area contributed by atoms with Crippen molar-refractivity contribution < 1.29 is 13.7 Å². The first-order valence-corrected chi connectivity index (χ1v) is 9.52. The number of fused-ring (bicyclic) bond motifs is 1. The quantitative estimate of drug-likeness (QED) is 0.465. The third-order valence-electron chi connectivity index (χ3n) is 4.80. The molecule has 146 valence electrons. The van der Waals surface area contributed by atoms with Gasteiger partial charge in [0.15, 0.2) is 0 Å². The largest absolute Gasteiger partial charge is 0.339 e. The molecule has 3 aromatic carbocycles. The van der Waals surface area contributed by atoms with Crippen LogP contribution in [0.3, 0.4) is 0 Å². The number of carbonyl (C=O) groups is 1. The molecule has 29 heavy (non-hydrogen) atoms. The summed E-state index contributed by atoms with van der Waals surface area (Å²) in [6, 6.07) is 19.8. The number of hydrogen-bond donors (Lipinski definition) is 0. The smallest absolute Gasteiger partial charge is 0.227 e. The monoisotopic (exact) mass is 389 g/mol. The Morgan fingerprint density at radius 3 is 2.59 bits per heavy atom. The van der Waals surface area contributed by atoms with Crippen LogP contribution in [0.4, 0.5) is 10.1 Å². The predicted octanol–water partition coefficient (Wildman–Crippen LogP) is 5.01. The molecule has 1 amide bonds. The molecule has 0 unspecified atom stereocenters. The van der Waals surface area contributed by atoms with E-state index in [9.17, 15) is 9.18 Å². The molecule has 0 atom stereocenters. The van der Waals surface area contributed by atoms with Crippen LogP contribution in [0.1, 0.15) is 19.2 Å². The minimum Gasteiger partial charge on any atom is -0.339 e. The lowest BCUT2D eigenvalue weighted by molar-refractivity contribution is -0.118. The number of benzene rings is 3. The summed E-state index contributed by atoms with van der Waals surface area (Å²) in [6.45, 7) is 2.52. The van der Waals surface area contributed by atoms with Crippen LogP contribution in [-0.2, 0) is 11.2 Å². The third kappa shape index (κ3) is 4.01. The average molecular weight is 389 g/mol. The predicted molar refractivity (Wildman–Crippen MR) is 110 cm³/mol. The zero-order valence-corrected chi connectivity index (χ0v) is 16.0. The number of anilines is 1. The van der Waals surface area contributed by atoms with Gasteiger partial charge >= 0.3 is 0 Å². The van der Waals surface area contributed by atoms with Crippen LogP contribution >= 0.6 is 0 Å². The van der Waals surface area contributed by atoms with Crippen LogP contribution in [0.5, 0.6) is 0 Å². The van der Waals surface area contributed by atoms with Crippen LogP contribution in [-0.4, -0.2) is 22.6 Å². The van der Waals surface area contributed by atoms with E-state index in [1.54, 1.807) is 17.0 Å². The zero-order valence-electron chi connectivity index (χ0n) is 16.0. The summed E-state index contributed by atoms with van der Waals surface area (Å²) < 4.78 is 18.3. The molecule has 1 heterocycles. The summed E-state index contributed by atoms with van der Waals surface area (Å²) >= 11 is 0. The number of aryl methyl sites for hydroxylation is 1. The van der Waals surface area contributed by atoms with E-state index in [1.165, 1.54) is 12.1 Å². The van der Waals surface area contributed by atoms with Gasteiger partial charge in [-0.2, -0.15) is 4.98 Å². The highest BCUT2D eigenvalue weighted by Crippen LogP contribution is 2.27. The number of amides is 1. The summed E-state index contributed by atoms with van der Waals surface area (Å²) in [5.74, 6) is 0.432. The lowest BCUT2D eigenvalue weighted by Crippen LogP contribution is -2.31. The second-order valence-electron chi connectivity index (χ2n) is 6.65. The van der Waals surface area contributed by atoms with Crippen molar-refractivity contribution in [3.8, 4) is 11.4 Å².